The highest BCUT2D eigenvalue weighted by Crippen LogP contribution is 2.58. The van der Waals surface area contributed by atoms with Gasteiger partial charge >= 0.3 is 0 Å². The van der Waals surface area contributed by atoms with Crippen LogP contribution in [0, 0.1) is 11.8 Å². The van der Waals surface area contributed by atoms with E-state index in [0.29, 0.717) is 41.2 Å². The van der Waals surface area contributed by atoms with E-state index in [1.807, 2.05) is 6.92 Å². The Morgan fingerprint density at radius 2 is 1.97 bits per heavy atom. The molecule has 2 aliphatic heterocycles. The number of rotatable bonds is 8. The number of nitrogens with one attached hydrogen (secondary N) is 1. The molecule has 1 fully saturated rings. The third kappa shape index (κ3) is 4.19. The van der Waals surface area contributed by atoms with E-state index in [-0.39, 0.29) is 18.4 Å². The molecule has 8 nitrogen and oxygen atoms in total. The van der Waals surface area contributed by atoms with Gasteiger partial charge in [0.05, 0.1) is 24.5 Å². The molecule has 0 aromatic heterocycles. The molecule has 192 valence electrons. The fourth-order valence-electron chi connectivity index (χ4n) is 5.81. The van der Waals surface area contributed by atoms with E-state index >= 15 is 0 Å². The van der Waals surface area contributed by atoms with E-state index in [9.17, 15) is 19.8 Å². The van der Waals surface area contributed by atoms with Crippen molar-refractivity contribution >= 4 is 23.2 Å². The summed E-state index contributed by atoms with van der Waals surface area (Å²) in [6.45, 7) is 9.26. The molecule has 2 aromatic rings. The van der Waals surface area contributed by atoms with Crippen molar-refractivity contribution < 1.29 is 29.3 Å². The van der Waals surface area contributed by atoms with Crippen LogP contribution in [0.2, 0.25) is 0 Å². The first-order valence-electron chi connectivity index (χ1n) is 12.1. The van der Waals surface area contributed by atoms with Crippen molar-refractivity contribution in [3.63, 3.8) is 0 Å². The average molecular weight is 495 g/mol. The van der Waals surface area contributed by atoms with Crippen LogP contribution in [0.25, 0.3) is 0 Å². The topological polar surface area (TPSA) is 108 Å². The number of ether oxygens (including phenoxy) is 2. The maximum absolute atomic E-state index is 13.9. The fourth-order valence-corrected chi connectivity index (χ4v) is 5.81. The quantitative estimate of drug-likeness (QED) is 0.485. The Balaban J connectivity index is 1.76. The maximum Gasteiger partial charge on any atom is 0.264 e. The van der Waals surface area contributed by atoms with Crippen molar-refractivity contribution in [3.8, 4) is 5.75 Å². The molecule has 0 radical (unpaired) electrons. The molecule has 0 bridgehead atoms. The molecule has 0 aliphatic carbocycles. The Kier molecular flexibility index (Phi) is 6.96. The summed E-state index contributed by atoms with van der Waals surface area (Å²) in [5.74, 6) is -0.687. The van der Waals surface area contributed by atoms with Crippen molar-refractivity contribution in [2.24, 2.45) is 11.8 Å². The molecule has 2 heterocycles. The van der Waals surface area contributed by atoms with Gasteiger partial charge in [-0.1, -0.05) is 13.0 Å². The van der Waals surface area contributed by atoms with Gasteiger partial charge in [0, 0.05) is 41.8 Å². The lowest BCUT2D eigenvalue weighted by molar-refractivity contribution is -0.146. The van der Waals surface area contributed by atoms with Crippen LogP contribution >= 0.6 is 0 Å². The number of carbonyl (C=O) groups excluding carboxylic acids is 2. The molecule has 0 unspecified atom stereocenters. The first kappa shape index (κ1) is 25.9. The number of hydrogen-bond donors (Lipinski definition) is 3. The summed E-state index contributed by atoms with van der Waals surface area (Å²) in [5, 5.41) is 23.6. The minimum atomic E-state index is -1.36. The first-order chi connectivity index (χ1) is 17.1. The SMILES string of the molecule is C=CCN1C(=O)[C@@]2(O[C@@H](CCO)[C@H](C(C)(C)O)[C@H]2C)c2cc(NC(=O)c3ccc(OC)cc3)ccc21. The maximum atomic E-state index is 13.9. The Labute approximate surface area is 211 Å². The minimum Gasteiger partial charge on any atom is -0.497 e. The zero-order valence-corrected chi connectivity index (χ0v) is 21.2. The zero-order valence-electron chi connectivity index (χ0n) is 21.2. The van der Waals surface area contributed by atoms with Crippen LogP contribution in [0.3, 0.4) is 0 Å². The molecule has 3 N–H and O–H groups in total. The Hall–Kier alpha value is -3.20. The van der Waals surface area contributed by atoms with Gasteiger partial charge in [-0.15, -0.1) is 6.58 Å². The number of amides is 2. The second kappa shape index (κ2) is 9.69. The number of nitrogens with zero attached hydrogens (tertiary/aromatic N) is 1. The number of benzene rings is 2. The van der Waals surface area contributed by atoms with Gasteiger partial charge in [-0.25, -0.2) is 0 Å². The van der Waals surface area contributed by atoms with E-state index in [1.165, 1.54) is 0 Å². The number of fused-ring (bicyclic) bond motifs is 2. The van der Waals surface area contributed by atoms with Gasteiger partial charge in [0.1, 0.15) is 5.75 Å². The number of hydrogen-bond acceptors (Lipinski definition) is 6. The van der Waals surface area contributed by atoms with Gasteiger partial charge in [0.2, 0.25) is 0 Å². The summed E-state index contributed by atoms with van der Waals surface area (Å²) in [5.41, 5.74) is -0.217. The summed E-state index contributed by atoms with van der Waals surface area (Å²) in [4.78, 5) is 28.5. The predicted molar refractivity (Wildman–Crippen MR) is 137 cm³/mol. The van der Waals surface area contributed by atoms with Gasteiger partial charge in [-0.3, -0.25) is 9.59 Å². The molecular weight excluding hydrogens is 460 g/mol. The number of aliphatic hydroxyl groups excluding tert-OH is 1. The molecule has 1 spiro atoms. The predicted octanol–water partition coefficient (Wildman–Crippen LogP) is 3.48. The van der Waals surface area contributed by atoms with Crippen LogP contribution in [-0.2, 0) is 15.1 Å². The van der Waals surface area contributed by atoms with Crippen molar-refractivity contribution in [2.75, 3.05) is 30.5 Å². The molecule has 2 aliphatic rings. The highest BCUT2D eigenvalue weighted by Gasteiger charge is 2.65. The Bertz CT molecular complexity index is 1160. The van der Waals surface area contributed by atoms with Crippen LogP contribution < -0.4 is 15.0 Å². The summed E-state index contributed by atoms with van der Waals surface area (Å²) >= 11 is 0. The lowest BCUT2D eigenvalue weighted by Crippen LogP contribution is -2.46. The van der Waals surface area contributed by atoms with Crippen molar-refractivity contribution in [3.05, 3.63) is 66.2 Å². The number of methoxy groups -OCH3 is 1. The molecule has 8 heteroatoms. The van der Waals surface area contributed by atoms with Crippen LogP contribution in [0.1, 0.15) is 43.1 Å². The molecular formula is C28H34N2O6. The lowest BCUT2D eigenvalue weighted by Gasteiger charge is -2.34. The number of carbonyl (C=O) groups is 2. The molecule has 4 rings (SSSR count). The van der Waals surface area contributed by atoms with E-state index in [2.05, 4.69) is 11.9 Å². The van der Waals surface area contributed by atoms with E-state index in [1.54, 1.807) is 74.4 Å². The molecule has 2 amide bonds. The zero-order chi connectivity index (χ0) is 26.3. The van der Waals surface area contributed by atoms with Gasteiger partial charge in [-0.2, -0.15) is 0 Å². The fraction of sp³-hybridized carbons (Fsp3) is 0.429. The monoisotopic (exact) mass is 494 g/mol. The van der Waals surface area contributed by atoms with Crippen LogP contribution in [0.15, 0.2) is 55.1 Å². The summed E-state index contributed by atoms with van der Waals surface area (Å²) in [6.07, 6.45) is 1.42. The largest absolute Gasteiger partial charge is 0.497 e. The second-order valence-electron chi connectivity index (χ2n) is 9.99. The van der Waals surface area contributed by atoms with Gasteiger partial charge in [-0.05, 0) is 62.7 Å². The minimum absolute atomic E-state index is 0.130. The van der Waals surface area contributed by atoms with E-state index in [0.717, 1.165) is 0 Å². The highest BCUT2D eigenvalue weighted by atomic mass is 16.5. The van der Waals surface area contributed by atoms with Gasteiger partial charge in [0.25, 0.3) is 11.8 Å². The van der Waals surface area contributed by atoms with Gasteiger partial charge < -0.3 is 29.9 Å². The highest BCUT2D eigenvalue weighted by molar-refractivity contribution is 6.09. The summed E-state index contributed by atoms with van der Waals surface area (Å²) in [7, 11) is 1.56. The van der Waals surface area contributed by atoms with Gasteiger partial charge in [0.15, 0.2) is 5.60 Å². The third-order valence-corrected chi connectivity index (χ3v) is 7.32. The Morgan fingerprint density at radius 1 is 1.28 bits per heavy atom. The van der Waals surface area contributed by atoms with E-state index in [4.69, 9.17) is 9.47 Å². The van der Waals surface area contributed by atoms with Crippen molar-refractivity contribution in [1.82, 2.24) is 0 Å². The standard InChI is InChI=1S/C28H34N2O6/c1-6-14-30-22-12-9-19(29-25(32)18-7-10-20(35-5)11-8-18)16-21(22)28(26(30)33)17(2)24(27(3,4)34)23(36-28)13-15-31/h6-12,16-17,23-24,31,34H,1,13-15H2,2-5H3,(H,29,32)/t17-,23+,24-,28+/m1/s1. The third-order valence-electron chi connectivity index (χ3n) is 7.32. The Morgan fingerprint density at radius 3 is 2.56 bits per heavy atom. The van der Waals surface area contributed by atoms with Crippen LogP contribution in [0.5, 0.6) is 5.75 Å². The number of anilines is 2. The summed E-state index contributed by atoms with van der Waals surface area (Å²) in [6, 6.07) is 12.1. The average Bonchev–Trinajstić information content (AvgIpc) is 3.26. The lowest BCUT2D eigenvalue weighted by atomic mass is 9.71. The normalized spacial score (nSPS) is 25.2. The molecule has 36 heavy (non-hydrogen) atoms. The molecule has 0 saturated carbocycles. The smallest absolute Gasteiger partial charge is 0.264 e. The number of aliphatic hydroxyl groups is 2. The van der Waals surface area contributed by atoms with Crippen LogP contribution in [-0.4, -0.2) is 54.0 Å². The van der Waals surface area contributed by atoms with Crippen molar-refractivity contribution in [1.29, 1.82) is 0 Å². The molecule has 4 atom stereocenters. The first-order valence-corrected chi connectivity index (χ1v) is 12.1. The van der Waals surface area contributed by atoms with Crippen LogP contribution in [0.4, 0.5) is 11.4 Å². The second-order valence-corrected chi connectivity index (χ2v) is 9.99. The molecule has 2 aromatic carbocycles. The molecule has 1 saturated heterocycles. The summed E-state index contributed by atoms with van der Waals surface area (Å²) < 4.78 is 11.7. The van der Waals surface area contributed by atoms with E-state index < -0.39 is 29.1 Å². The van der Waals surface area contributed by atoms with Crippen molar-refractivity contribution in [2.45, 2.75) is 44.5 Å².